The predicted molar refractivity (Wildman–Crippen MR) is 86.0 cm³/mol. The van der Waals surface area contributed by atoms with Gasteiger partial charge in [-0.15, -0.1) is 0 Å². The first-order chi connectivity index (χ1) is 9.95. The molecule has 1 heterocycles. The predicted octanol–water partition coefficient (Wildman–Crippen LogP) is 2.46. The number of nitrogens with one attached hydrogen (secondary N) is 1. The molecule has 2 rings (SSSR count). The van der Waals surface area contributed by atoms with Crippen molar-refractivity contribution in [3.8, 4) is 0 Å². The smallest absolute Gasteiger partial charge is 0.243 e. The normalized spacial score (nSPS) is 18.0. The van der Waals surface area contributed by atoms with Gasteiger partial charge in [0, 0.05) is 19.1 Å². The summed E-state index contributed by atoms with van der Waals surface area (Å²) in [5, 5.41) is 3.48. The molecule has 0 amide bonds. The number of benzene rings is 1. The van der Waals surface area contributed by atoms with Crippen LogP contribution >= 0.6 is 0 Å². The van der Waals surface area contributed by atoms with Crippen molar-refractivity contribution in [2.75, 3.05) is 19.6 Å². The molecule has 1 aliphatic rings. The first-order valence-corrected chi connectivity index (χ1v) is 9.20. The van der Waals surface area contributed by atoms with E-state index in [4.69, 9.17) is 0 Å². The molecule has 5 heteroatoms. The molecule has 0 bridgehead atoms. The van der Waals surface area contributed by atoms with E-state index in [2.05, 4.69) is 12.2 Å². The highest BCUT2D eigenvalue weighted by Gasteiger charge is 2.29. The maximum atomic E-state index is 12.7. The van der Waals surface area contributed by atoms with Crippen molar-refractivity contribution in [3.05, 3.63) is 29.3 Å². The topological polar surface area (TPSA) is 49.4 Å². The zero-order valence-electron chi connectivity index (χ0n) is 13.2. The Balaban J connectivity index is 2.06. The van der Waals surface area contributed by atoms with Crippen molar-refractivity contribution < 1.29 is 8.42 Å². The number of nitrogens with zero attached hydrogens (tertiary/aromatic N) is 1. The SMILES string of the molecule is CCCNC1CCN(S(=O)(=O)c2ccc(C)c(C)c2)CC1. The summed E-state index contributed by atoms with van der Waals surface area (Å²) >= 11 is 0. The lowest BCUT2D eigenvalue weighted by Gasteiger charge is -2.31. The molecule has 0 aliphatic carbocycles. The molecule has 0 spiro atoms. The van der Waals surface area contributed by atoms with Crippen molar-refractivity contribution >= 4 is 10.0 Å². The number of rotatable bonds is 5. The summed E-state index contributed by atoms with van der Waals surface area (Å²) in [6.07, 6.45) is 2.90. The van der Waals surface area contributed by atoms with Crippen LogP contribution in [0.15, 0.2) is 23.1 Å². The number of hydrogen-bond acceptors (Lipinski definition) is 3. The molecule has 1 aromatic carbocycles. The van der Waals surface area contributed by atoms with Crippen molar-refractivity contribution in [2.24, 2.45) is 0 Å². The molecule has 0 unspecified atom stereocenters. The van der Waals surface area contributed by atoms with Crippen molar-refractivity contribution in [1.29, 1.82) is 0 Å². The fourth-order valence-electron chi connectivity index (χ4n) is 2.67. The average molecular weight is 310 g/mol. The quantitative estimate of drug-likeness (QED) is 0.909. The van der Waals surface area contributed by atoms with Crippen LogP contribution in [0.4, 0.5) is 0 Å². The van der Waals surface area contributed by atoms with Crippen LogP contribution in [0.25, 0.3) is 0 Å². The van der Waals surface area contributed by atoms with Gasteiger partial charge in [-0.05, 0) is 62.9 Å². The lowest BCUT2D eigenvalue weighted by atomic mass is 10.1. The molecule has 0 atom stereocenters. The largest absolute Gasteiger partial charge is 0.314 e. The molecular weight excluding hydrogens is 284 g/mol. The molecule has 4 nitrogen and oxygen atoms in total. The highest BCUT2D eigenvalue weighted by atomic mass is 32.2. The van der Waals surface area contributed by atoms with Gasteiger partial charge in [-0.2, -0.15) is 4.31 Å². The standard InChI is InChI=1S/C16H26N2O2S/c1-4-9-17-15-7-10-18(11-8-15)21(19,20)16-6-5-13(2)14(3)12-16/h5-6,12,15,17H,4,7-11H2,1-3H3. The molecule has 0 aromatic heterocycles. The summed E-state index contributed by atoms with van der Waals surface area (Å²) in [4.78, 5) is 0.422. The van der Waals surface area contributed by atoms with Crippen LogP contribution in [-0.4, -0.2) is 38.4 Å². The van der Waals surface area contributed by atoms with Crippen molar-refractivity contribution in [3.63, 3.8) is 0 Å². The van der Waals surface area contributed by atoms with E-state index in [0.717, 1.165) is 36.9 Å². The zero-order chi connectivity index (χ0) is 15.5. The van der Waals surface area contributed by atoms with Gasteiger partial charge < -0.3 is 5.32 Å². The third-order valence-electron chi connectivity index (χ3n) is 4.25. The van der Waals surface area contributed by atoms with Crippen LogP contribution in [0.5, 0.6) is 0 Å². The van der Waals surface area contributed by atoms with Gasteiger partial charge in [0.2, 0.25) is 10.0 Å². The highest BCUT2D eigenvalue weighted by molar-refractivity contribution is 7.89. The molecule has 1 saturated heterocycles. The number of aryl methyl sites for hydroxylation is 2. The number of piperidine rings is 1. The van der Waals surface area contributed by atoms with E-state index >= 15 is 0 Å². The summed E-state index contributed by atoms with van der Waals surface area (Å²) in [5.41, 5.74) is 2.15. The van der Waals surface area contributed by atoms with Crippen LogP contribution in [0.2, 0.25) is 0 Å². The summed E-state index contributed by atoms with van der Waals surface area (Å²) in [5.74, 6) is 0. The lowest BCUT2D eigenvalue weighted by Crippen LogP contribution is -2.45. The van der Waals surface area contributed by atoms with Gasteiger partial charge in [0.05, 0.1) is 4.90 Å². The van der Waals surface area contributed by atoms with Crippen LogP contribution in [0.3, 0.4) is 0 Å². The minimum Gasteiger partial charge on any atom is -0.314 e. The van der Waals surface area contributed by atoms with E-state index in [1.807, 2.05) is 19.9 Å². The van der Waals surface area contributed by atoms with Crippen molar-refractivity contribution in [2.45, 2.75) is 51.0 Å². The number of hydrogen-bond donors (Lipinski definition) is 1. The Kier molecular flexibility index (Phi) is 5.41. The van der Waals surface area contributed by atoms with Crippen LogP contribution in [0, 0.1) is 13.8 Å². The minimum absolute atomic E-state index is 0.422. The van der Waals surface area contributed by atoms with Crippen molar-refractivity contribution in [1.82, 2.24) is 9.62 Å². The van der Waals surface area contributed by atoms with E-state index < -0.39 is 10.0 Å². The molecule has 1 fully saturated rings. The average Bonchev–Trinajstić information content (AvgIpc) is 2.48. The van der Waals surface area contributed by atoms with Gasteiger partial charge in [0.15, 0.2) is 0 Å². The lowest BCUT2D eigenvalue weighted by molar-refractivity contribution is 0.290. The van der Waals surface area contributed by atoms with E-state index in [9.17, 15) is 8.42 Å². The van der Waals surface area contributed by atoms with Crippen LogP contribution in [-0.2, 0) is 10.0 Å². The van der Waals surface area contributed by atoms with Gasteiger partial charge >= 0.3 is 0 Å². The zero-order valence-corrected chi connectivity index (χ0v) is 14.0. The van der Waals surface area contributed by atoms with Crippen LogP contribution < -0.4 is 5.32 Å². The number of sulfonamides is 1. The Bertz CT molecular complexity index is 576. The van der Waals surface area contributed by atoms with Gasteiger partial charge in [-0.25, -0.2) is 8.42 Å². The first-order valence-electron chi connectivity index (χ1n) is 7.76. The molecule has 21 heavy (non-hydrogen) atoms. The van der Waals surface area contributed by atoms with E-state index in [1.165, 1.54) is 0 Å². The van der Waals surface area contributed by atoms with Gasteiger partial charge in [-0.3, -0.25) is 0 Å². The second-order valence-corrected chi connectivity index (χ2v) is 7.82. The summed E-state index contributed by atoms with van der Waals surface area (Å²) in [6.45, 7) is 8.32. The van der Waals surface area contributed by atoms with Crippen LogP contribution in [0.1, 0.15) is 37.3 Å². The van der Waals surface area contributed by atoms with E-state index in [1.54, 1.807) is 16.4 Å². The molecule has 1 N–H and O–H groups in total. The van der Waals surface area contributed by atoms with Gasteiger partial charge in [0.1, 0.15) is 0 Å². The first kappa shape index (κ1) is 16.5. The Morgan fingerprint density at radius 3 is 2.43 bits per heavy atom. The Hall–Kier alpha value is -0.910. The molecule has 0 saturated carbocycles. The fourth-order valence-corrected chi connectivity index (χ4v) is 4.23. The Morgan fingerprint density at radius 1 is 1.19 bits per heavy atom. The highest BCUT2D eigenvalue weighted by Crippen LogP contribution is 2.22. The third-order valence-corrected chi connectivity index (χ3v) is 6.15. The molecule has 1 aromatic rings. The maximum Gasteiger partial charge on any atom is 0.243 e. The van der Waals surface area contributed by atoms with E-state index in [0.29, 0.717) is 24.0 Å². The Morgan fingerprint density at radius 2 is 1.86 bits per heavy atom. The minimum atomic E-state index is -3.34. The second-order valence-electron chi connectivity index (χ2n) is 5.88. The van der Waals surface area contributed by atoms with E-state index in [-0.39, 0.29) is 0 Å². The second kappa shape index (κ2) is 6.90. The van der Waals surface area contributed by atoms with Gasteiger partial charge in [0.25, 0.3) is 0 Å². The Labute approximate surface area is 128 Å². The summed E-state index contributed by atoms with van der Waals surface area (Å²) in [6, 6.07) is 5.85. The summed E-state index contributed by atoms with van der Waals surface area (Å²) in [7, 11) is -3.34. The van der Waals surface area contributed by atoms with Gasteiger partial charge in [-0.1, -0.05) is 13.0 Å². The third kappa shape index (κ3) is 3.84. The summed E-state index contributed by atoms with van der Waals surface area (Å²) < 4.78 is 27.0. The molecule has 0 radical (unpaired) electrons. The fraction of sp³-hybridized carbons (Fsp3) is 0.625. The molecular formula is C16H26N2O2S. The monoisotopic (exact) mass is 310 g/mol. The maximum absolute atomic E-state index is 12.7. The molecule has 118 valence electrons. The molecule has 1 aliphatic heterocycles.